The number of pyridine rings is 1. The van der Waals surface area contributed by atoms with Crippen LogP contribution >= 0.6 is 0 Å². The smallest absolute Gasteiger partial charge is 0.329 e. The first-order chi connectivity index (χ1) is 11.6. The fourth-order valence-corrected chi connectivity index (χ4v) is 1.87. The highest BCUT2D eigenvalue weighted by atomic mass is 16.5. The molecule has 0 atom stereocenters. The van der Waals surface area contributed by atoms with Gasteiger partial charge in [-0.15, -0.1) is 0 Å². The topological polar surface area (TPSA) is 92.7 Å². The predicted octanol–water partition coefficient (Wildman–Crippen LogP) is 1.96. The van der Waals surface area contributed by atoms with Crippen molar-refractivity contribution in [1.82, 2.24) is 10.4 Å². The van der Waals surface area contributed by atoms with E-state index < -0.39 is 11.8 Å². The summed E-state index contributed by atoms with van der Waals surface area (Å²) in [6.07, 6.45) is 3.24. The van der Waals surface area contributed by atoms with Crippen LogP contribution in [-0.4, -0.2) is 29.1 Å². The number of nitrogens with zero attached hydrogens (tertiary/aromatic N) is 2. The van der Waals surface area contributed by atoms with E-state index in [0.717, 1.165) is 5.56 Å². The van der Waals surface area contributed by atoms with Crippen LogP contribution in [0.4, 0.5) is 5.69 Å². The number of hydrogen-bond donors (Lipinski definition) is 2. The predicted molar refractivity (Wildman–Crippen MR) is 90.8 cm³/mol. The molecule has 1 aromatic heterocycles. The average molecular weight is 326 g/mol. The van der Waals surface area contributed by atoms with Crippen LogP contribution in [-0.2, 0) is 9.59 Å². The van der Waals surface area contributed by atoms with Crippen LogP contribution in [0.2, 0.25) is 0 Å². The van der Waals surface area contributed by atoms with Gasteiger partial charge in [0.25, 0.3) is 0 Å². The zero-order valence-electron chi connectivity index (χ0n) is 13.4. The molecule has 0 aliphatic carbocycles. The zero-order valence-corrected chi connectivity index (χ0v) is 13.4. The third-order valence-corrected chi connectivity index (χ3v) is 3.06. The fourth-order valence-electron chi connectivity index (χ4n) is 1.87. The van der Waals surface area contributed by atoms with E-state index in [1.807, 2.05) is 6.92 Å². The monoisotopic (exact) mass is 326 g/mol. The molecule has 1 aromatic carbocycles. The van der Waals surface area contributed by atoms with Gasteiger partial charge in [0.15, 0.2) is 0 Å². The summed E-state index contributed by atoms with van der Waals surface area (Å²) in [5.41, 5.74) is 4.02. The van der Waals surface area contributed by atoms with E-state index in [2.05, 4.69) is 20.8 Å². The Morgan fingerprint density at radius 3 is 2.54 bits per heavy atom. The highest BCUT2D eigenvalue weighted by Crippen LogP contribution is 2.23. The fraction of sp³-hybridized carbons (Fsp3) is 0.176. The minimum absolute atomic E-state index is 0.425. The minimum atomic E-state index is -0.866. The Hall–Kier alpha value is -3.22. The van der Waals surface area contributed by atoms with Gasteiger partial charge in [-0.05, 0) is 38.1 Å². The summed E-state index contributed by atoms with van der Waals surface area (Å²) in [4.78, 5) is 27.7. The van der Waals surface area contributed by atoms with E-state index in [-0.39, 0.29) is 0 Å². The summed E-state index contributed by atoms with van der Waals surface area (Å²) in [5, 5.41) is 6.42. The van der Waals surface area contributed by atoms with E-state index in [9.17, 15) is 9.59 Å². The lowest BCUT2D eigenvalue weighted by molar-refractivity contribution is -0.136. The molecule has 0 aliphatic heterocycles. The van der Waals surface area contributed by atoms with Crippen molar-refractivity contribution in [2.24, 2.45) is 5.10 Å². The summed E-state index contributed by atoms with van der Waals surface area (Å²) in [6.45, 7) is 4.01. The number of nitrogens with one attached hydrogen (secondary N) is 2. The van der Waals surface area contributed by atoms with Crippen LogP contribution < -0.4 is 15.5 Å². The molecule has 0 unspecified atom stereocenters. The minimum Gasteiger partial charge on any atom is -0.492 e. The van der Waals surface area contributed by atoms with E-state index >= 15 is 0 Å². The van der Waals surface area contributed by atoms with E-state index in [0.29, 0.717) is 23.8 Å². The number of anilines is 1. The van der Waals surface area contributed by atoms with Crippen molar-refractivity contribution in [2.45, 2.75) is 13.8 Å². The van der Waals surface area contributed by atoms with Gasteiger partial charge < -0.3 is 10.1 Å². The second-order valence-corrected chi connectivity index (χ2v) is 4.76. The maximum Gasteiger partial charge on any atom is 0.329 e. The molecular weight excluding hydrogens is 308 g/mol. The summed E-state index contributed by atoms with van der Waals surface area (Å²) in [5.74, 6) is -1.19. The second-order valence-electron chi connectivity index (χ2n) is 4.76. The first-order valence-electron chi connectivity index (χ1n) is 7.39. The quantitative estimate of drug-likeness (QED) is 0.499. The maximum absolute atomic E-state index is 12.0. The van der Waals surface area contributed by atoms with Crippen LogP contribution in [0, 0.1) is 0 Å². The van der Waals surface area contributed by atoms with Crippen LogP contribution in [0.15, 0.2) is 53.9 Å². The molecule has 7 nitrogen and oxygen atoms in total. The number of amides is 2. The molecule has 0 fully saturated rings. The number of benzene rings is 1. The molecule has 0 saturated heterocycles. The summed E-state index contributed by atoms with van der Waals surface area (Å²) in [6, 6.07) is 10.4. The standard InChI is InChI=1S/C17H18N4O3/c1-3-24-15-7-5-4-6-14(15)19-16(22)17(23)21-20-12(2)13-8-10-18-11-9-13/h4-11H,3H2,1-2H3,(H,19,22)(H,21,23)/b20-12+. The first kappa shape index (κ1) is 17.1. The molecule has 0 aliphatic rings. The van der Waals surface area contributed by atoms with Crippen molar-refractivity contribution in [3.63, 3.8) is 0 Å². The van der Waals surface area contributed by atoms with Crippen molar-refractivity contribution in [3.8, 4) is 5.75 Å². The second kappa shape index (κ2) is 8.42. The van der Waals surface area contributed by atoms with Gasteiger partial charge in [-0.2, -0.15) is 5.10 Å². The Morgan fingerprint density at radius 1 is 1.12 bits per heavy atom. The molecule has 2 rings (SSSR count). The zero-order chi connectivity index (χ0) is 17.4. The molecule has 2 N–H and O–H groups in total. The Morgan fingerprint density at radius 2 is 1.83 bits per heavy atom. The Kier molecular flexibility index (Phi) is 6.01. The Bertz CT molecular complexity index is 745. The molecule has 2 aromatic rings. The van der Waals surface area contributed by atoms with Crippen LogP contribution in [0.5, 0.6) is 5.75 Å². The summed E-state index contributed by atoms with van der Waals surface area (Å²) in [7, 11) is 0. The molecule has 0 bridgehead atoms. The SMILES string of the molecule is CCOc1ccccc1NC(=O)C(=O)N/N=C(\C)c1ccncc1. The van der Waals surface area contributed by atoms with E-state index in [4.69, 9.17) is 4.74 Å². The molecule has 7 heteroatoms. The van der Waals surface area contributed by atoms with Gasteiger partial charge in [0, 0.05) is 18.0 Å². The Labute approximate surface area is 139 Å². The number of carbonyl (C=O) groups excluding carboxylic acids is 2. The van der Waals surface area contributed by atoms with Gasteiger partial charge in [0.2, 0.25) is 0 Å². The summed E-state index contributed by atoms with van der Waals surface area (Å²) < 4.78 is 5.39. The van der Waals surface area contributed by atoms with Crippen LogP contribution in [0.25, 0.3) is 0 Å². The van der Waals surface area contributed by atoms with Crippen LogP contribution in [0.1, 0.15) is 19.4 Å². The van der Waals surface area contributed by atoms with Crippen molar-refractivity contribution in [1.29, 1.82) is 0 Å². The molecule has 1 heterocycles. The van der Waals surface area contributed by atoms with Gasteiger partial charge in [-0.25, -0.2) is 5.43 Å². The van der Waals surface area contributed by atoms with Crippen molar-refractivity contribution in [3.05, 3.63) is 54.4 Å². The average Bonchev–Trinajstić information content (AvgIpc) is 2.62. The Balaban J connectivity index is 1.99. The van der Waals surface area contributed by atoms with Gasteiger partial charge in [-0.1, -0.05) is 12.1 Å². The molecule has 0 radical (unpaired) electrons. The van der Waals surface area contributed by atoms with E-state index in [1.165, 1.54) is 0 Å². The number of aromatic nitrogens is 1. The third-order valence-electron chi connectivity index (χ3n) is 3.06. The molecule has 24 heavy (non-hydrogen) atoms. The van der Waals surface area contributed by atoms with Crippen LogP contribution in [0.3, 0.4) is 0 Å². The van der Waals surface area contributed by atoms with Crippen molar-refractivity contribution >= 4 is 23.2 Å². The molecule has 124 valence electrons. The van der Waals surface area contributed by atoms with Gasteiger partial charge in [0.1, 0.15) is 5.75 Å². The number of hydrazone groups is 1. The van der Waals surface area contributed by atoms with E-state index in [1.54, 1.807) is 55.7 Å². The maximum atomic E-state index is 12.0. The molecule has 0 spiro atoms. The van der Waals surface area contributed by atoms with Gasteiger partial charge in [-0.3, -0.25) is 14.6 Å². The number of hydrogen-bond acceptors (Lipinski definition) is 5. The highest BCUT2D eigenvalue weighted by Gasteiger charge is 2.15. The molecule has 0 saturated carbocycles. The normalized spacial score (nSPS) is 10.8. The molecular formula is C17H18N4O3. The summed E-state index contributed by atoms with van der Waals surface area (Å²) >= 11 is 0. The van der Waals surface area contributed by atoms with Gasteiger partial charge >= 0.3 is 11.8 Å². The number of carbonyl (C=O) groups is 2. The number of ether oxygens (including phenoxy) is 1. The lowest BCUT2D eigenvalue weighted by Gasteiger charge is -2.10. The lowest BCUT2D eigenvalue weighted by Crippen LogP contribution is -2.33. The van der Waals surface area contributed by atoms with Crippen molar-refractivity contribution in [2.75, 3.05) is 11.9 Å². The number of para-hydroxylation sites is 2. The first-order valence-corrected chi connectivity index (χ1v) is 7.39. The van der Waals surface area contributed by atoms with Crippen molar-refractivity contribution < 1.29 is 14.3 Å². The lowest BCUT2D eigenvalue weighted by atomic mass is 10.2. The number of rotatable bonds is 5. The third kappa shape index (κ3) is 4.64. The largest absolute Gasteiger partial charge is 0.492 e. The van der Waals surface area contributed by atoms with Gasteiger partial charge in [0.05, 0.1) is 18.0 Å². The molecule has 2 amide bonds. The highest BCUT2D eigenvalue weighted by molar-refractivity contribution is 6.39.